The van der Waals surface area contributed by atoms with Crippen molar-refractivity contribution in [2.75, 3.05) is 11.9 Å². The minimum atomic E-state index is 0.893. The molecule has 0 aromatic heterocycles. The third-order valence-corrected chi connectivity index (χ3v) is 6.75. The number of nitrogens with two attached hydrogens (primary N) is 1. The Morgan fingerprint density at radius 3 is 1.74 bits per heavy atom. The Balaban J connectivity index is 2.09. The van der Waals surface area contributed by atoms with Crippen molar-refractivity contribution in [3.63, 3.8) is 0 Å². The Morgan fingerprint density at radius 1 is 0.800 bits per heavy atom. The lowest BCUT2D eigenvalue weighted by Crippen LogP contribution is -2.16. The highest BCUT2D eigenvalue weighted by Gasteiger charge is 2.10. The van der Waals surface area contributed by atoms with E-state index in [2.05, 4.69) is 55.8 Å². The molecule has 3 heteroatoms. The molecule has 0 amide bonds. The van der Waals surface area contributed by atoms with Crippen LogP contribution in [0.25, 0.3) is 5.57 Å². The fourth-order valence-corrected chi connectivity index (χ4v) is 4.60. The quantitative estimate of drug-likeness (QED) is 0.114. The molecule has 0 aliphatic heterocycles. The molecule has 0 aliphatic carbocycles. The van der Waals surface area contributed by atoms with E-state index in [0.717, 1.165) is 34.8 Å². The fraction of sp³-hybridized carbons (Fsp3) is 0.625. The normalized spacial score (nSPS) is 11.5. The fourth-order valence-electron chi connectivity index (χ4n) is 4.60. The van der Waals surface area contributed by atoms with E-state index in [1.54, 1.807) is 6.20 Å². The number of unbranched alkanes of at least 4 members (excludes halogenated alkanes) is 15. The Kier molecular flexibility index (Phi) is 17.7. The number of hydrogen-bond donors (Lipinski definition) is 3. The number of hydrogen-bond acceptors (Lipinski definition) is 3. The number of benzene rings is 1. The third kappa shape index (κ3) is 14.8. The van der Waals surface area contributed by atoms with Gasteiger partial charge in [0, 0.05) is 35.4 Å². The molecule has 0 radical (unpaired) electrons. The van der Waals surface area contributed by atoms with Crippen LogP contribution in [0.2, 0.25) is 0 Å². The van der Waals surface area contributed by atoms with Crippen LogP contribution in [0.3, 0.4) is 0 Å². The van der Waals surface area contributed by atoms with E-state index in [4.69, 9.17) is 5.73 Å². The maximum Gasteiger partial charge on any atom is 0.0387 e. The second-order valence-electron chi connectivity index (χ2n) is 10.2. The molecule has 0 heterocycles. The van der Waals surface area contributed by atoms with Crippen LogP contribution in [0.4, 0.5) is 5.69 Å². The minimum absolute atomic E-state index is 0.893. The van der Waals surface area contributed by atoms with Crippen molar-refractivity contribution in [3.8, 4) is 0 Å². The highest BCUT2D eigenvalue weighted by Crippen LogP contribution is 2.26. The molecular weight excluding hydrogens is 426 g/mol. The summed E-state index contributed by atoms with van der Waals surface area (Å²) in [6, 6.07) is 6.28. The predicted octanol–water partition coefficient (Wildman–Crippen LogP) is 9.60. The van der Waals surface area contributed by atoms with Crippen LogP contribution < -0.4 is 16.4 Å². The van der Waals surface area contributed by atoms with E-state index >= 15 is 0 Å². The van der Waals surface area contributed by atoms with E-state index in [0.29, 0.717) is 0 Å². The standard InChI is InChI=1S/C32H55N3/c1-6-7-8-9-10-11-12-13-14-15-16-17-18-19-20-21-24-34-29(5)32(26-33)31-25-30(35-27(2)3)23-22-28(31)4/h22-23,25-26,34-35H,2,5-21,24,33H2,1,3-4H3/b32-26-. The number of allylic oxidation sites excluding steroid dienone is 2. The lowest BCUT2D eigenvalue weighted by Gasteiger charge is -2.17. The molecule has 0 fully saturated rings. The van der Waals surface area contributed by atoms with Gasteiger partial charge in [0.05, 0.1) is 0 Å². The highest BCUT2D eigenvalue weighted by atomic mass is 14.9. The summed E-state index contributed by atoms with van der Waals surface area (Å²) in [4.78, 5) is 0. The molecule has 3 nitrogen and oxygen atoms in total. The van der Waals surface area contributed by atoms with Crippen molar-refractivity contribution in [3.05, 3.63) is 60.1 Å². The zero-order valence-corrected chi connectivity index (χ0v) is 23.3. The number of rotatable bonds is 22. The van der Waals surface area contributed by atoms with Gasteiger partial charge in [-0.3, -0.25) is 0 Å². The van der Waals surface area contributed by atoms with Gasteiger partial charge in [0.15, 0.2) is 0 Å². The molecule has 1 aromatic carbocycles. The van der Waals surface area contributed by atoms with Gasteiger partial charge < -0.3 is 16.4 Å². The Labute approximate surface area is 217 Å². The average molecular weight is 482 g/mol. The topological polar surface area (TPSA) is 50.1 Å². The smallest absolute Gasteiger partial charge is 0.0387 e. The van der Waals surface area contributed by atoms with Gasteiger partial charge in [0.2, 0.25) is 0 Å². The van der Waals surface area contributed by atoms with Crippen molar-refractivity contribution in [1.29, 1.82) is 0 Å². The Morgan fingerprint density at radius 2 is 1.29 bits per heavy atom. The lowest BCUT2D eigenvalue weighted by molar-refractivity contribution is 0.528. The van der Waals surface area contributed by atoms with Crippen molar-refractivity contribution in [1.82, 2.24) is 5.32 Å². The summed E-state index contributed by atoms with van der Waals surface area (Å²) in [5, 5.41) is 6.77. The molecule has 35 heavy (non-hydrogen) atoms. The minimum Gasteiger partial charge on any atom is -0.404 e. The first-order chi connectivity index (χ1) is 17.0. The number of aryl methyl sites for hydroxylation is 1. The zero-order chi connectivity index (χ0) is 25.7. The SMILES string of the molecule is C=C(C)Nc1ccc(C)c(/C(=C\N)C(=C)NCCCCCCCCCCCCCCCCCC)c1. The first-order valence-corrected chi connectivity index (χ1v) is 14.4. The molecule has 0 spiro atoms. The Hall–Kier alpha value is -2.16. The van der Waals surface area contributed by atoms with Gasteiger partial charge in [-0.05, 0) is 43.5 Å². The van der Waals surface area contributed by atoms with Crippen LogP contribution in [0.15, 0.2) is 49.0 Å². The molecule has 0 bridgehead atoms. The monoisotopic (exact) mass is 481 g/mol. The van der Waals surface area contributed by atoms with Crippen LogP contribution in [0.1, 0.15) is 128 Å². The van der Waals surface area contributed by atoms with Crippen LogP contribution in [0, 0.1) is 6.92 Å². The Bertz CT molecular complexity index is 747. The molecule has 198 valence electrons. The molecule has 0 aliphatic rings. The molecule has 0 saturated carbocycles. The van der Waals surface area contributed by atoms with E-state index in [1.807, 2.05) is 6.92 Å². The second-order valence-corrected chi connectivity index (χ2v) is 10.2. The van der Waals surface area contributed by atoms with E-state index in [9.17, 15) is 0 Å². The van der Waals surface area contributed by atoms with Gasteiger partial charge >= 0.3 is 0 Å². The summed E-state index contributed by atoms with van der Waals surface area (Å²) < 4.78 is 0. The predicted molar refractivity (Wildman–Crippen MR) is 158 cm³/mol. The van der Waals surface area contributed by atoms with Gasteiger partial charge in [-0.25, -0.2) is 0 Å². The van der Waals surface area contributed by atoms with Crippen LogP contribution in [-0.2, 0) is 0 Å². The molecule has 1 rings (SSSR count). The van der Waals surface area contributed by atoms with Crippen molar-refractivity contribution >= 4 is 11.3 Å². The molecule has 0 atom stereocenters. The maximum atomic E-state index is 5.99. The van der Waals surface area contributed by atoms with Gasteiger partial charge in [-0.15, -0.1) is 0 Å². The van der Waals surface area contributed by atoms with Crippen molar-refractivity contribution in [2.24, 2.45) is 5.73 Å². The lowest BCUT2D eigenvalue weighted by atomic mass is 9.98. The summed E-state index contributed by atoms with van der Waals surface area (Å²) >= 11 is 0. The van der Waals surface area contributed by atoms with Crippen molar-refractivity contribution in [2.45, 2.75) is 124 Å². The molecule has 0 saturated heterocycles. The van der Waals surface area contributed by atoms with Crippen LogP contribution >= 0.6 is 0 Å². The van der Waals surface area contributed by atoms with E-state index in [-0.39, 0.29) is 0 Å². The summed E-state index contributed by atoms with van der Waals surface area (Å²) in [5.74, 6) is 0. The van der Waals surface area contributed by atoms with Gasteiger partial charge in [-0.2, -0.15) is 0 Å². The van der Waals surface area contributed by atoms with Gasteiger partial charge in [0.25, 0.3) is 0 Å². The van der Waals surface area contributed by atoms with Crippen LogP contribution in [0.5, 0.6) is 0 Å². The summed E-state index contributed by atoms with van der Waals surface area (Å²) in [6.45, 7) is 15.5. The first-order valence-electron chi connectivity index (χ1n) is 14.4. The van der Waals surface area contributed by atoms with Gasteiger partial charge in [0.1, 0.15) is 0 Å². The van der Waals surface area contributed by atoms with Gasteiger partial charge in [-0.1, -0.05) is 122 Å². The average Bonchev–Trinajstić information content (AvgIpc) is 2.83. The zero-order valence-electron chi connectivity index (χ0n) is 23.3. The number of anilines is 1. The molecule has 0 unspecified atom stereocenters. The first kappa shape index (κ1) is 30.9. The van der Waals surface area contributed by atoms with E-state index < -0.39 is 0 Å². The van der Waals surface area contributed by atoms with Crippen LogP contribution in [-0.4, -0.2) is 6.54 Å². The highest BCUT2D eigenvalue weighted by molar-refractivity contribution is 5.81. The largest absolute Gasteiger partial charge is 0.404 e. The molecular formula is C32H55N3. The third-order valence-electron chi connectivity index (χ3n) is 6.75. The van der Waals surface area contributed by atoms with Crippen molar-refractivity contribution < 1.29 is 0 Å². The summed E-state index contributed by atoms with van der Waals surface area (Å²) in [6.07, 6.45) is 23.9. The molecule has 1 aromatic rings. The maximum absolute atomic E-state index is 5.99. The summed E-state index contributed by atoms with van der Waals surface area (Å²) in [7, 11) is 0. The number of nitrogens with one attached hydrogen (secondary N) is 2. The van der Waals surface area contributed by atoms with E-state index in [1.165, 1.54) is 108 Å². The molecule has 4 N–H and O–H groups in total. The summed E-state index contributed by atoms with van der Waals surface area (Å²) in [5.41, 5.74) is 12.1. The second kappa shape index (κ2) is 20.1.